The predicted octanol–water partition coefficient (Wildman–Crippen LogP) is 2.92. The van der Waals surface area contributed by atoms with E-state index in [1.54, 1.807) is 7.11 Å². The molecule has 21 heavy (non-hydrogen) atoms. The molecular weight excluding hydrogens is 272 g/mol. The molecule has 0 radical (unpaired) electrons. The van der Waals surface area contributed by atoms with E-state index in [9.17, 15) is 9.90 Å². The molecule has 1 aliphatic carbocycles. The zero-order valence-electron chi connectivity index (χ0n) is 13.0. The molecule has 118 valence electrons. The van der Waals surface area contributed by atoms with Gasteiger partial charge in [0, 0.05) is 13.5 Å². The van der Waals surface area contributed by atoms with Crippen LogP contribution in [-0.2, 0) is 21.6 Å². The van der Waals surface area contributed by atoms with E-state index in [0.717, 1.165) is 25.7 Å². The van der Waals surface area contributed by atoms with Gasteiger partial charge in [0.1, 0.15) is 5.60 Å². The van der Waals surface area contributed by atoms with Crippen molar-refractivity contribution in [2.24, 2.45) is 5.41 Å². The quantitative estimate of drug-likeness (QED) is 0.832. The molecule has 1 heterocycles. The van der Waals surface area contributed by atoms with Crippen molar-refractivity contribution in [1.29, 1.82) is 0 Å². The molecule has 2 rings (SSSR count). The SMILES string of the molecule is CCC(CC)(OC)c1noc(CC2(C(=O)O)CCCC2)n1. The van der Waals surface area contributed by atoms with Gasteiger partial charge >= 0.3 is 5.97 Å². The summed E-state index contributed by atoms with van der Waals surface area (Å²) in [6.45, 7) is 4.03. The summed E-state index contributed by atoms with van der Waals surface area (Å²) in [4.78, 5) is 16.0. The Morgan fingerprint density at radius 3 is 2.48 bits per heavy atom. The van der Waals surface area contributed by atoms with E-state index in [1.807, 2.05) is 13.8 Å². The van der Waals surface area contributed by atoms with Crippen LogP contribution in [0.2, 0.25) is 0 Å². The summed E-state index contributed by atoms with van der Waals surface area (Å²) in [5.74, 6) is 0.157. The molecule has 1 aromatic heterocycles. The summed E-state index contributed by atoms with van der Waals surface area (Å²) < 4.78 is 10.9. The zero-order valence-corrected chi connectivity index (χ0v) is 13.0. The molecule has 1 aliphatic rings. The summed E-state index contributed by atoms with van der Waals surface area (Å²) in [7, 11) is 1.64. The van der Waals surface area contributed by atoms with Crippen molar-refractivity contribution < 1.29 is 19.2 Å². The smallest absolute Gasteiger partial charge is 0.310 e. The summed E-state index contributed by atoms with van der Waals surface area (Å²) in [6.07, 6.45) is 5.03. The standard InChI is InChI=1S/C15H24N2O4/c1-4-15(5-2,20-3)12-16-11(21-17-12)10-14(13(18)19)8-6-7-9-14/h4-10H2,1-3H3,(H,18,19). The van der Waals surface area contributed by atoms with Crippen LogP contribution in [0.25, 0.3) is 0 Å². The number of carboxylic acid groups (broad SMARTS) is 1. The third-order valence-electron chi connectivity index (χ3n) is 4.91. The molecule has 1 N–H and O–H groups in total. The van der Waals surface area contributed by atoms with Crippen LogP contribution >= 0.6 is 0 Å². The minimum Gasteiger partial charge on any atom is -0.481 e. The van der Waals surface area contributed by atoms with E-state index in [0.29, 0.717) is 31.0 Å². The van der Waals surface area contributed by atoms with Gasteiger partial charge in [0.25, 0.3) is 0 Å². The van der Waals surface area contributed by atoms with E-state index in [-0.39, 0.29) is 0 Å². The number of ether oxygens (including phenoxy) is 1. The number of methoxy groups -OCH3 is 1. The molecule has 0 aliphatic heterocycles. The van der Waals surface area contributed by atoms with Gasteiger partial charge in [0.2, 0.25) is 11.7 Å². The number of rotatable bonds is 7. The van der Waals surface area contributed by atoms with Crippen molar-refractivity contribution in [2.75, 3.05) is 7.11 Å². The van der Waals surface area contributed by atoms with Crippen LogP contribution in [0.15, 0.2) is 4.52 Å². The maximum absolute atomic E-state index is 11.6. The zero-order chi connectivity index (χ0) is 15.5. The first kappa shape index (κ1) is 15.9. The number of carboxylic acids is 1. The van der Waals surface area contributed by atoms with Gasteiger partial charge in [0.05, 0.1) is 5.41 Å². The molecule has 1 fully saturated rings. The Morgan fingerprint density at radius 1 is 1.38 bits per heavy atom. The molecule has 6 heteroatoms. The Morgan fingerprint density at radius 2 is 2.00 bits per heavy atom. The van der Waals surface area contributed by atoms with E-state index in [4.69, 9.17) is 9.26 Å². The lowest BCUT2D eigenvalue weighted by Crippen LogP contribution is -2.31. The first-order valence-corrected chi connectivity index (χ1v) is 7.63. The van der Waals surface area contributed by atoms with Crippen LogP contribution in [-0.4, -0.2) is 28.3 Å². The molecule has 0 spiro atoms. The Hall–Kier alpha value is -1.43. The lowest BCUT2D eigenvalue weighted by Gasteiger charge is -2.26. The predicted molar refractivity (Wildman–Crippen MR) is 75.8 cm³/mol. The van der Waals surface area contributed by atoms with E-state index in [2.05, 4.69) is 10.1 Å². The van der Waals surface area contributed by atoms with E-state index >= 15 is 0 Å². The number of aliphatic carboxylic acids is 1. The minimum atomic E-state index is -0.760. The molecule has 6 nitrogen and oxygen atoms in total. The molecule has 0 bridgehead atoms. The number of carbonyl (C=O) groups is 1. The Labute approximate surface area is 124 Å². The van der Waals surface area contributed by atoms with Crippen LogP contribution in [0.4, 0.5) is 0 Å². The monoisotopic (exact) mass is 296 g/mol. The first-order valence-electron chi connectivity index (χ1n) is 7.63. The summed E-state index contributed by atoms with van der Waals surface area (Å²) in [5, 5.41) is 13.5. The first-order chi connectivity index (χ1) is 10.0. The summed E-state index contributed by atoms with van der Waals surface area (Å²) in [6, 6.07) is 0. The van der Waals surface area contributed by atoms with Crippen molar-refractivity contribution in [3.05, 3.63) is 11.7 Å². The van der Waals surface area contributed by atoms with Gasteiger partial charge in [0.15, 0.2) is 0 Å². The second-order valence-corrected chi connectivity index (χ2v) is 5.89. The fourth-order valence-electron chi connectivity index (χ4n) is 3.27. The molecular formula is C15H24N2O4. The third-order valence-corrected chi connectivity index (χ3v) is 4.91. The van der Waals surface area contributed by atoms with Crippen LogP contribution < -0.4 is 0 Å². The normalized spacial score (nSPS) is 18.0. The fourth-order valence-corrected chi connectivity index (χ4v) is 3.27. The second kappa shape index (κ2) is 6.13. The van der Waals surface area contributed by atoms with E-state index in [1.165, 1.54) is 0 Å². The van der Waals surface area contributed by atoms with Crippen molar-refractivity contribution in [3.8, 4) is 0 Å². The van der Waals surface area contributed by atoms with Crippen LogP contribution in [0.3, 0.4) is 0 Å². The van der Waals surface area contributed by atoms with Crippen molar-refractivity contribution in [1.82, 2.24) is 10.1 Å². The largest absolute Gasteiger partial charge is 0.481 e. The maximum atomic E-state index is 11.6. The third kappa shape index (κ3) is 2.81. The number of hydrogen-bond acceptors (Lipinski definition) is 5. The number of aromatic nitrogens is 2. The summed E-state index contributed by atoms with van der Waals surface area (Å²) >= 11 is 0. The van der Waals surface area contributed by atoms with Crippen LogP contribution in [0.5, 0.6) is 0 Å². The summed E-state index contributed by atoms with van der Waals surface area (Å²) in [5.41, 5.74) is -1.29. The minimum absolute atomic E-state index is 0.308. The lowest BCUT2D eigenvalue weighted by atomic mass is 9.83. The van der Waals surface area contributed by atoms with Crippen molar-refractivity contribution in [2.45, 2.75) is 64.4 Å². The van der Waals surface area contributed by atoms with Gasteiger partial charge in [-0.1, -0.05) is 31.8 Å². The number of nitrogens with zero attached hydrogens (tertiary/aromatic N) is 2. The highest BCUT2D eigenvalue weighted by atomic mass is 16.5. The van der Waals surface area contributed by atoms with Crippen molar-refractivity contribution in [3.63, 3.8) is 0 Å². The average molecular weight is 296 g/mol. The molecule has 1 aromatic rings. The van der Waals surface area contributed by atoms with Gasteiger partial charge in [-0.25, -0.2) is 0 Å². The molecule has 0 atom stereocenters. The second-order valence-electron chi connectivity index (χ2n) is 5.89. The maximum Gasteiger partial charge on any atom is 0.310 e. The van der Waals surface area contributed by atoms with Crippen LogP contribution in [0.1, 0.15) is 64.1 Å². The van der Waals surface area contributed by atoms with Gasteiger partial charge < -0.3 is 14.4 Å². The van der Waals surface area contributed by atoms with E-state index < -0.39 is 17.0 Å². The highest BCUT2D eigenvalue weighted by molar-refractivity contribution is 5.75. The Balaban J connectivity index is 2.22. The lowest BCUT2D eigenvalue weighted by molar-refractivity contribution is -0.148. The highest BCUT2D eigenvalue weighted by Crippen LogP contribution is 2.41. The molecule has 0 amide bonds. The van der Waals surface area contributed by atoms with Crippen LogP contribution in [0, 0.1) is 5.41 Å². The Kier molecular flexibility index (Phi) is 4.66. The van der Waals surface area contributed by atoms with Crippen molar-refractivity contribution >= 4 is 5.97 Å². The number of hydrogen-bond donors (Lipinski definition) is 1. The fraction of sp³-hybridized carbons (Fsp3) is 0.800. The van der Waals surface area contributed by atoms with Gasteiger partial charge in [-0.15, -0.1) is 0 Å². The molecule has 1 saturated carbocycles. The van der Waals surface area contributed by atoms with Gasteiger partial charge in [-0.3, -0.25) is 4.79 Å². The highest BCUT2D eigenvalue weighted by Gasteiger charge is 2.43. The van der Waals surface area contributed by atoms with Gasteiger partial charge in [-0.05, 0) is 25.7 Å². The Bertz CT molecular complexity index is 479. The molecule has 0 saturated heterocycles. The average Bonchev–Trinajstić information content (AvgIpc) is 3.13. The van der Waals surface area contributed by atoms with Gasteiger partial charge in [-0.2, -0.15) is 4.98 Å². The molecule has 0 unspecified atom stereocenters. The molecule has 0 aromatic carbocycles. The topological polar surface area (TPSA) is 85.5 Å².